The molecule has 158 valence electrons. The Labute approximate surface area is 183 Å². The summed E-state index contributed by atoms with van der Waals surface area (Å²) in [4.78, 5) is 33.5. The van der Waals surface area contributed by atoms with Crippen LogP contribution in [0.25, 0.3) is 10.9 Å². The standard InChI is InChI=1S/C27H28N2O2/c1-18-11-12-24-22(17-18)25(21-9-5-6-10-23(21)28-24)27(31)29-15-13-20(14-16-29)26(30)19-7-3-2-4-8-19/h2-4,7-8,11-12,17,20H,5-6,9-10,13-16H2,1H3. The fourth-order valence-corrected chi connectivity index (χ4v) is 5.12. The fraction of sp³-hybridized carbons (Fsp3) is 0.370. The number of likely N-dealkylation sites (tertiary alicyclic amines) is 1. The van der Waals surface area contributed by atoms with Crippen LogP contribution in [0.1, 0.15) is 63.2 Å². The van der Waals surface area contributed by atoms with Crippen molar-refractivity contribution in [2.75, 3.05) is 13.1 Å². The number of Topliss-reactive ketones (excluding diaryl/α,β-unsaturated/α-hetero) is 1. The van der Waals surface area contributed by atoms with Gasteiger partial charge in [0.25, 0.3) is 5.91 Å². The number of ketones is 1. The van der Waals surface area contributed by atoms with Gasteiger partial charge < -0.3 is 4.90 Å². The first-order valence-electron chi connectivity index (χ1n) is 11.4. The first-order valence-corrected chi connectivity index (χ1v) is 11.4. The lowest BCUT2D eigenvalue weighted by Crippen LogP contribution is -2.41. The molecule has 4 nitrogen and oxygen atoms in total. The number of carbonyl (C=O) groups excluding carboxylic acids is 2. The zero-order valence-corrected chi connectivity index (χ0v) is 18.1. The van der Waals surface area contributed by atoms with Gasteiger partial charge in [0, 0.05) is 35.7 Å². The van der Waals surface area contributed by atoms with Crippen molar-refractivity contribution in [3.63, 3.8) is 0 Å². The molecule has 1 amide bonds. The molecule has 0 radical (unpaired) electrons. The van der Waals surface area contributed by atoms with E-state index in [0.29, 0.717) is 13.1 Å². The number of carbonyl (C=O) groups is 2. The third-order valence-electron chi connectivity index (χ3n) is 6.84. The summed E-state index contributed by atoms with van der Waals surface area (Å²) in [5, 5.41) is 0.980. The monoisotopic (exact) mass is 412 g/mol. The molecule has 1 aliphatic carbocycles. The van der Waals surface area contributed by atoms with Crippen molar-refractivity contribution in [2.45, 2.75) is 45.4 Å². The molecule has 31 heavy (non-hydrogen) atoms. The largest absolute Gasteiger partial charge is 0.339 e. The molecule has 0 bridgehead atoms. The van der Waals surface area contributed by atoms with Crippen molar-refractivity contribution in [2.24, 2.45) is 5.92 Å². The molecule has 1 fully saturated rings. The van der Waals surface area contributed by atoms with E-state index in [9.17, 15) is 9.59 Å². The predicted molar refractivity (Wildman–Crippen MR) is 123 cm³/mol. The van der Waals surface area contributed by atoms with Gasteiger partial charge in [-0.1, -0.05) is 42.0 Å². The SMILES string of the molecule is Cc1ccc2nc3c(c(C(=O)N4CCC(C(=O)c5ccccc5)CC4)c2c1)CCCC3. The molecule has 5 rings (SSSR count). The van der Waals surface area contributed by atoms with E-state index in [2.05, 4.69) is 19.1 Å². The first kappa shape index (κ1) is 19.9. The lowest BCUT2D eigenvalue weighted by atomic mass is 9.87. The Hall–Kier alpha value is -3.01. The zero-order valence-electron chi connectivity index (χ0n) is 18.1. The van der Waals surface area contributed by atoms with Gasteiger partial charge in [0.15, 0.2) is 5.78 Å². The summed E-state index contributed by atoms with van der Waals surface area (Å²) in [6.45, 7) is 3.33. The highest BCUT2D eigenvalue weighted by molar-refractivity contribution is 6.08. The van der Waals surface area contributed by atoms with E-state index < -0.39 is 0 Å². The molecule has 1 aliphatic heterocycles. The molecule has 4 heteroatoms. The van der Waals surface area contributed by atoms with Crippen LogP contribution in [-0.4, -0.2) is 34.7 Å². The van der Waals surface area contributed by atoms with Gasteiger partial charge in [-0.15, -0.1) is 0 Å². The number of pyridine rings is 1. The van der Waals surface area contributed by atoms with Crippen LogP contribution in [0.15, 0.2) is 48.5 Å². The van der Waals surface area contributed by atoms with Crippen LogP contribution in [0, 0.1) is 12.8 Å². The number of piperidine rings is 1. The molecular weight excluding hydrogens is 384 g/mol. The number of nitrogens with zero attached hydrogens (tertiary/aromatic N) is 2. The van der Waals surface area contributed by atoms with Gasteiger partial charge in [0.05, 0.1) is 11.1 Å². The zero-order chi connectivity index (χ0) is 21.4. The van der Waals surface area contributed by atoms with Crippen LogP contribution in [0.3, 0.4) is 0 Å². The average molecular weight is 413 g/mol. The Morgan fingerprint density at radius 1 is 0.968 bits per heavy atom. The molecule has 3 aromatic rings. The van der Waals surface area contributed by atoms with Gasteiger partial charge >= 0.3 is 0 Å². The molecule has 0 saturated carbocycles. The second kappa shape index (κ2) is 8.26. The fourth-order valence-electron chi connectivity index (χ4n) is 5.12. The summed E-state index contributed by atoms with van der Waals surface area (Å²) in [5.41, 5.74) is 5.94. The Bertz CT molecular complexity index is 1140. The number of hydrogen-bond acceptors (Lipinski definition) is 3. The summed E-state index contributed by atoms with van der Waals surface area (Å²) in [6.07, 6.45) is 5.58. The molecule has 1 aromatic heterocycles. The van der Waals surface area contributed by atoms with Crippen molar-refractivity contribution >= 4 is 22.6 Å². The molecule has 2 aliphatic rings. The normalized spacial score (nSPS) is 16.9. The van der Waals surface area contributed by atoms with Crippen LogP contribution in [0.5, 0.6) is 0 Å². The lowest BCUT2D eigenvalue weighted by Gasteiger charge is -2.33. The number of rotatable bonds is 3. The predicted octanol–water partition coefficient (Wildman–Crippen LogP) is 5.16. The number of hydrogen-bond donors (Lipinski definition) is 0. The van der Waals surface area contributed by atoms with Gasteiger partial charge in [0.2, 0.25) is 0 Å². The Morgan fingerprint density at radius 2 is 1.71 bits per heavy atom. The van der Waals surface area contributed by atoms with E-state index in [4.69, 9.17) is 4.98 Å². The van der Waals surface area contributed by atoms with E-state index in [1.165, 1.54) is 0 Å². The highest BCUT2D eigenvalue weighted by Crippen LogP contribution is 2.32. The summed E-state index contributed by atoms with van der Waals surface area (Å²) >= 11 is 0. The van der Waals surface area contributed by atoms with Crippen LogP contribution in [0.2, 0.25) is 0 Å². The number of amides is 1. The second-order valence-electron chi connectivity index (χ2n) is 8.94. The smallest absolute Gasteiger partial charge is 0.254 e. The maximum absolute atomic E-state index is 13.8. The van der Waals surface area contributed by atoms with E-state index in [0.717, 1.165) is 77.4 Å². The van der Waals surface area contributed by atoms with Crippen molar-refractivity contribution in [3.8, 4) is 0 Å². The summed E-state index contributed by atoms with van der Waals surface area (Å²) < 4.78 is 0. The van der Waals surface area contributed by atoms with Crippen molar-refractivity contribution < 1.29 is 9.59 Å². The second-order valence-corrected chi connectivity index (χ2v) is 8.94. The highest BCUT2D eigenvalue weighted by atomic mass is 16.2. The minimum absolute atomic E-state index is 0.00297. The van der Waals surface area contributed by atoms with Crippen LogP contribution >= 0.6 is 0 Å². The van der Waals surface area contributed by atoms with Gasteiger partial charge in [-0.3, -0.25) is 14.6 Å². The first-order chi connectivity index (χ1) is 15.1. The van der Waals surface area contributed by atoms with E-state index in [-0.39, 0.29) is 17.6 Å². The van der Waals surface area contributed by atoms with Crippen LogP contribution in [-0.2, 0) is 12.8 Å². The molecule has 0 spiro atoms. The summed E-state index contributed by atoms with van der Waals surface area (Å²) in [6, 6.07) is 15.7. The van der Waals surface area contributed by atoms with Gasteiger partial charge in [-0.2, -0.15) is 0 Å². The van der Waals surface area contributed by atoms with Crippen molar-refractivity contribution in [1.29, 1.82) is 0 Å². The third-order valence-corrected chi connectivity index (χ3v) is 6.84. The summed E-state index contributed by atoms with van der Waals surface area (Å²) in [7, 11) is 0. The van der Waals surface area contributed by atoms with Crippen LogP contribution < -0.4 is 0 Å². The van der Waals surface area contributed by atoms with Gasteiger partial charge in [0.1, 0.15) is 0 Å². The quantitative estimate of drug-likeness (QED) is 0.559. The van der Waals surface area contributed by atoms with E-state index >= 15 is 0 Å². The third kappa shape index (κ3) is 3.76. The molecule has 0 N–H and O–H groups in total. The number of aryl methyl sites for hydroxylation is 2. The van der Waals surface area contributed by atoms with E-state index in [1.54, 1.807) is 0 Å². The molecule has 0 atom stereocenters. The topological polar surface area (TPSA) is 50.3 Å². The van der Waals surface area contributed by atoms with Gasteiger partial charge in [-0.05, 0) is 63.1 Å². The number of benzene rings is 2. The molecular formula is C27H28N2O2. The van der Waals surface area contributed by atoms with Gasteiger partial charge in [-0.25, -0.2) is 0 Å². The highest BCUT2D eigenvalue weighted by Gasteiger charge is 2.31. The molecule has 0 unspecified atom stereocenters. The van der Waals surface area contributed by atoms with Crippen molar-refractivity contribution in [3.05, 3.63) is 76.5 Å². The maximum atomic E-state index is 13.8. The molecule has 2 aromatic carbocycles. The minimum atomic E-state index is -0.00297. The summed E-state index contributed by atoms with van der Waals surface area (Å²) in [5.74, 6) is 0.314. The Morgan fingerprint density at radius 3 is 2.48 bits per heavy atom. The minimum Gasteiger partial charge on any atom is -0.339 e. The Balaban J connectivity index is 1.42. The number of fused-ring (bicyclic) bond motifs is 2. The Kier molecular flexibility index (Phi) is 5.31. The van der Waals surface area contributed by atoms with Crippen molar-refractivity contribution in [1.82, 2.24) is 9.88 Å². The molecule has 1 saturated heterocycles. The lowest BCUT2D eigenvalue weighted by molar-refractivity contribution is 0.0650. The number of aromatic nitrogens is 1. The molecule has 2 heterocycles. The average Bonchev–Trinajstić information content (AvgIpc) is 2.82. The maximum Gasteiger partial charge on any atom is 0.254 e. The van der Waals surface area contributed by atoms with Crippen LogP contribution in [0.4, 0.5) is 0 Å². The van der Waals surface area contributed by atoms with E-state index in [1.807, 2.05) is 41.3 Å².